The Labute approximate surface area is 172 Å². The SMILES string of the molecule is O=C(/C=C/c1ccc(-c2ccccc2Cl)s1)N1CCN(c2ncccn2)CC1. The van der Waals surface area contributed by atoms with Gasteiger partial charge in [-0.2, -0.15) is 0 Å². The average molecular weight is 411 g/mol. The van der Waals surface area contributed by atoms with Crippen molar-refractivity contribution in [1.29, 1.82) is 0 Å². The predicted octanol–water partition coefficient (Wildman–Crippen LogP) is 4.22. The lowest BCUT2D eigenvalue weighted by Crippen LogP contribution is -2.48. The van der Waals surface area contributed by atoms with Gasteiger partial charge in [-0.05, 0) is 30.3 Å². The van der Waals surface area contributed by atoms with Gasteiger partial charge in [0.1, 0.15) is 0 Å². The third-order valence-electron chi connectivity index (χ3n) is 4.58. The number of carbonyl (C=O) groups is 1. The first-order chi connectivity index (χ1) is 13.7. The number of rotatable bonds is 4. The summed E-state index contributed by atoms with van der Waals surface area (Å²) in [5.41, 5.74) is 1.01. The van der Waals surface area contributed by atoms with Crippen molar-refractivity contribution < 1.29 is 4.79 Å². The maximum Gasteiger partial charge on any atom is 0.246 e. The second-order valence-corrected chi connectivity index (χ2v) is 7.90. The van der Waals surface area contributed by atoms with Crippen molar-refractivity contribution in [3.05, 3.63) is 70.8 Å². The smallest absolute Gasteiger partial charge is 0.246 e. The van der Waals surface area contributed by atoms with E-state index in [1.54, 1.807) is 35.9 Å². The van der Waals surface area contributed by atoms with Gasteiger partial charge in [-0.25, -0.2) is 9.97 Å². The fourth-order valence-electron chi connectivity index (χ4n) is 3.09. The lowest BCUT2D eigenvalue weighted by Gasteiger charge is -2.34. The van der Waals surface area contributed by atoms with Crippen LogP contribution in [0.15, 0.2) is 60.9 Å². The summed E-state index contributed by atoms with van der Waals surface area (Å²) >= 11 is 7.89. The average Bonchev–Trinajstić information content (AvgIpc) is 3.22. The number of hydrogen-bond donors (Lipinski definition) is 0. The number of benzene rings is 1. The zero-order chi connectivity index (χ0) is 19.3. The van der Waals surface area contributed by atoms with Crippen LogP contribution in [0, 0.1) is 0 Å². The van der Waals surface area contributed by atoms with Crippen LogP contribution in [0.25, 0.3) is 16.5 Å². The van der Waals surface area contributed by atoms with Crippen LogP contribution < -0.4 is 4.90 Å². The quantitative estimate of drug-likeness (QED) is 0.604. The highest BCUT2D eigenvalue weighted by molar-refractivity contribution is 7.16. The molecule has 1 aliphatic heterocycles. The molecule has 4 rings (SSSR count). The number of piperazine rings is 1. The van der Waals surface area contributed by atoms with E-state index in [0.29, 0.717) is 13.1 Å². The summed E-state index contributed by atoms with van der Waals surface area (Å²) in [5.74, 6) is 0.747. The van der Waals surface area contributed by atoms with Crippen LogP contribution in [-0.4, -0.2) is 47.0 Å². The summed E-state index contributed by atoms with van der Waals surface area (Å²) in [4.78, 5) is 27.1. The summed E-state index contributed by atoms with van der Waals surface area (Å²) in [7, 11) is 0. The Morgan fingerprint density at radius 2 is 1.75 bits per heavy atom. The third kappa shape index (κ3) is 4.24. The standard InChI is InChI=1S/C21H19ClN4OS/c22-18-5-2-1-4-17(18)19-8-6-16(28-19)7-9-20(27)25-12-14-26(15-13-25)21-23-10-3-11-24-21/h1-11H,12-15H2/b9-7+. The van der Waals surface area contributed by atoms with E-state index in [9.17, 15) is 4.79 Å². The second kappa shape index (κ2) is 8.54. The topological polar surface area (TPSA) is 49.3 Å². The van der Waals surface area contributed by atoms with Gasteiger partial charge in [0.2, 0.25) is 11.9 Å². The van der Waals surface area contributed by atoms with Gasteiger partial charge in [0.25, 0.3) is 0 Å². The molecular formula is C21H19ClN4OS. The Kier molecular flexibility index (Phi) is 5.69. The molecule has 1 saturated heterocycles. The molecule has 1 amide bonds. The molecule has 0 bridgehead atoms. The molecule has 1 fully saturated rings. The molecule has 142 valence electrons. The van der Waals surface area contributed by atoms with Crippen molar-refractivity contribution in [3.8, 4) is 10.4 Å². The van der Waals surface area contributed by atoms with Crippen molar-refractivity contribution in [2.75, 3.05) is 31.1 Å². The molecule has 28 heavy (non-hydrogen) atoms. The zero-order valence-electron chi connectivity index (χ0n) is 15.2. The summed E-state index contributed by atoms with van der Waals surface area (Å²) in [6.45, 7) is 2.80. The lowest BCUT2D eigenvalue weighted by atomic mass is 10.2. The Morgan fingerprint density at radius 3 is 2.50 bits per heavy atom. The first kappa shape index (κ1) is 18.7. The van der Waals surface area contributed by atoms with Crippen molar-refractivity contribution in [2.45, 2.75) is 0 Å². The fraction of sp³-hybridized carbons (Fsp3) is 0.190. The predicted molar refractivity (Wildman–Crippen MR) is 115 cm³/mol. The van der Waals surface area contributed by atoms with E-state index in [0.717, 1.165) is 39.4 Å². The Balaban J connectivity index is 1.36. The number of carbonyl (C=O) groups excluding carboxylic acids is 1. The molecule has 0 unspecified atom stereocenters. The van der Waals surface area contributed by atoms with Gasteiger partial charge in [-0.1, -0.05) is 29.8 Å². The second-order valence-electron chi connectivity index (χ2n) is 6.38. The van der Waals surface area contributed by atoms with Gasteiger partial charge in [0, 0.05) is 65.0 Å². The maximum absolute atomic E-state index is 12.5. The molecule has 0 atom stereocenters. The third-order valence-corrected chi connectivity index (χ3v) is 6.00. The van der Waals surface area contributed by atoms with Crippen LogP contribution in [0.2, 0.25) is 5.02 Å². The van der Waals surface area contributed by atoms with E-state index in [4.69, 9.17) is 11.6 Å². The van der Waals surface area contributed by atoms with Crippen molar-refractivity contribution >= 4 is 40.9 Å². The van der Waals surface area contributed by atoms with Gasteiger partial charge < -0.3 is 9.80 Å². The van der Waals surface area contributed by atoms with E-state index in [1.807, 2.05) is 47.4 Å². The van der Waals surface area contributed by atoms with Gasteiger partial charge in [-0.15, -0.1) is 11.3 Å². The van der Waals surface area contributed by atoms with Crippen molar-refractivity contribution in [1.82, 2.24) is 14.9 Å². The van der Waals surface area contributed by atoms with Crippen molar-refractivity contribution in [2.24, 2.45) is 0 Å². The van der Waals surface area contributed by atoms with E-state index in [1.165, 1.54) is 0 Å². The number of aromatic nitrogens is 2. The number of halogens is 1. The first-order valence-electron chi connectivity index (χ1n) is 9.04. The summed E-state index contributed by atoms with van der Waals surface area (Å²) in [6, 6.07) is 13.6. The highest BCUT2D eigenvalue weighted by Gasteiger charge is 2.21. The van der Waals surface area contributed by atoms with Gasteiger partial charge >= 0.3 is 0 Å². The molecule has 0 N–H and O–H groups in total. The van der Waals surface area contributed by atoms with E-state index >= 15 is 0 Å². The minimum absolute atomic E-state index is 0.0290. The van der Waals surface area contributed by atoms with Crippen molar-refractivity contribution in [3.63, 3.8) is 0 Å². The van der Waals surface area contributed by atoms with Crippen LogP contribution >= 0.6 is 22.9 Å². The van der Waals surface area contributed by atoms with Crippen LogP contribution in [0.1, 0.15) is 4.88 Å². The largest absolute Gasteiger partial charge is 0.337 e. The van der Waals surface area contributed by atoms with Crippen LogP contribution in [0.4, 0.5) is 5.95 Å². The first-order valence-corrected chi connectivity index (χ1v) is 10.2. The number of nitrogens with zero attached hydrogens (tertiary/aromatic N) is 4. The highest BCUT2D eigenvalue weighted by atomic mass is 35.5. The van der Waals surface area contributed by atoms with Crippen LogP contribution in [0.5, 0.6) is 0 Å². The van der Waals surface area contributed by atoms with Gasteiger partial charge in [0.05, 0.1) is 0 Å². The van der Waals surface area contributed by atoms with Crippen LogP contribution in [0.3, 0.4) is 0 Å². The number of hydrogen-bond acceptors (Lipinski definition) is 5. The minimum Gasteiger partial charge on any atom is -0.337 e. The normalized spacial score (nSPS) is 14.6. The lowest BCUT2D eigenvalue weighted by molar-refractivity contribution is -0.126. The van der Waals surface area contributed by atoms with Gasteiger partial charge in [-0.3, -0.25) is 4.79 Å². The Bertz CT molecular complexity index is 981. The molecule has 2 aromatic heterocycles. The molecule has 0 radical (unpaired) electrons. The van der Waals surface area contributed by atoms with E-state index in [2.05, 4.69) is 14.9 Å². The fourth-order valence-corrected chi connectivity index (χ4v) is 4.33. The summed E-state index contributed by atoms with van der Waals surface area (Å²) < 4.78 is 0. The molecule has 1 aliphatic rings. The molecule has 5 nitrogen and oxygen atoms in total. The monoisotopic (exact) mass is 410 g/mol. The summed E-state index contributed by atoms with van der Waals surface area (Å²) in [6.07, 6.45) is 7.00. The molecule has 0 saturated carbocycles. The van der Waals surface area contributed by atoms with E-state index in [-0.39, 0.29) is 5.91 Å². The molecule has 0 aliphatic carbocycles. The molecule has 7 heteroatoms. The molecule has 0 spiro atoms. The molecule has 1 aromatic carbocycles. The van der Waals surface area contributed by atoms with E-state index < -0.39 is 0 Å². The van der Waals surface area contributed by atoms with Gasteiger partial charge in [0.15, 0.2) is 0 Å². The Morgan fingerprint density at radius 1 is 1.00 bits per heavy atom. The molecule has 3 aromatic rings. The Hall–Kier alpha value is -2.70. The number of anilines is 1. The zero-order valence-corrected chi connectivity index (χ0v) is 16.7. The maximum atomic E-state index is 12.5. The molecule has 3 heterocycles. The number of thiophene rings is 1. The highest BCUT2D eigenvalue weighted by Crippen LogP contribution is 2.33. The molecular weight excluding hydrogens is 392 g/mol. The summed E-state index contributed by atoms with van der Waals surface area (Å²) in [5, 5.41) is 0.733. The number of amides is 1. The minimum atomic E-state index is 0.0290. The van der Waals surface area contributed by atoms with Crippen LogP contribution in [-0.2, 0) is 4.79 Å².